The van der Waals surface area contributed by atoms with Crippen molar-refractivity contribution in [2.24, 2.45) is 0 Å². The summed E-state index contributed by atoms with van der Waals surface area (Å²) in [5.41, 5.74) is 10.8. The third-order valence-electron chi connectivity index (χ3n) is 7.05. The van der Waals surface area contributed by atoms with E-state index in [1.165, 1.54) is 28.3 Å². The lowest BCUT2D eigenvalue weighted by Gasteiger charge is -2.26. The molecule has 0 aliphatic carbocycles. The van der Waals surface area contributed by atoms with E-state index in [2.05, 4.69) is 121 Å². The highest BCUT2D eigenvalue weighted by molar-refractivity contribution is 5.89. The van der Waals surface area contributed by atoms with Gasteiger partial charge in [0.25, 0.3) is 5.70 Å². The van der Waals surface area contributed by atoms with Crippen molar-refractivity contribution in [1.82, 2.24) is 0 Å². The Kier molecular flexibility index (Phi) is 8.42. The standard InChI is InChI=1S/C38H30N2O2/c1-27-7-13-30(14-8-27)32-17-23-35(24-18-32)40(36-25-19-33(20-26-36)31-15-9-28(2)10-16-31)34-21-11-29(12-22-34)5-4-6-37(39-3)38(41)42/h4-26H,1-2H3,(H,41,42). The van der Waals surface area contributed by atoms with Crippen molar-refractivity contribution in [3.63, 3.8) is 0 Å². The Hall–Kier alpha value is -5.66. The molecular formula is C38H30N2O2. The summed E-state index contributed by atoms with van der Waals surface area (Å²) in [6, 6.07) is 42.3. The van der Waals surface area contributed by atoms with Gasteiger partial charge in [-0.2, -0.15) is 0 Å². The van der Waals surface area contributed by atoms with Gasteiger partial charge < -0.3 is 10.0 Å². The maximum atomic E-state index is 11.1. The van der Waals surface area contributed by atoms with Crippen molar-refractivity contribution >= 4 is 29.1 Å². The molecule has 0 aromatic heterocycles. The topological polar surface area (TPSA) is 44.9 Å². The van der Waals surface area contributed by atoms with Crippen LogP contribution in [0.2, 0.25) is 0 Å². The summed E-state index contributed by atoms with van der Waals surface area (Å²) in [6.45, 7) is 11.2. The lowest BCUT2D eigenvalue weighted by Crippen LogP contribution is -2.09. The van der Waals surface area contributed by atoms with Gasteiger partial charge in [0.05, 0.1) is 6.57 Å². The number of allylic oxidation sites excluding steroid dienone is 2. The number of hydrogen-bond acceptors (Lipinski definition) is 2. The fourth-order valence-corrected chi connectivity index (χ4v) is 4.69. The Labute approximate surface area is 247 Å². The number of hydrogen-bond donors (Lipinski definition) is 1. The van der Waals surface area contributed by atoms with Crippen LogP contribution in [-0.4, -0.2) is 11.1 Å². The van der Waals surface area contributed by atoms with Crippen LogP contribution in [-0.2, 0) is 4.79 Å². The third kappa shape index (κ3) is 6.55. The molecule has 0 atom stereocenters. The van der Waals surface area contributed by atoms with Crippen LogP contribution >= 0.6 is 0 Å². The first-order valence-electron chi connectivity index (χ1n) is 13.6. The van der Waals surface area contributed by atoms with Gasteiger partial charge in [0.1, 0.15) is 0 Å². The second kappa shape index (κ2) is 12.7. The summed E-state index contributed by atoms with van der Waals surface area (Å²) in [4.78, 5) is 16.3. The molecule has 0 bridgehead atoms. The zero-order chi connectivity index (χ0) is 29.5. The molecule has 42 heavy (non-hydrogen) atoms. The van der Waals surface area contributed by atoms with Gasteiger partial charge in [-0.25, -0.2) is 4.85 Å². The van der Waals surface area contributed by atoms with E-state index in [0.29, 0.717) is 0 Å². The van der Waals surface area contributed by atoms with Gasteiger partial charge >= 0.3 is 5.97 Å². The van der Waals surface area contributed by atoms with Gasteiger partial charge in [0.15, 0.2) is 0 Å². The molecule has 5 rings (SSSR count). The first-order valence-corrected chi connectivity index (χ1v) is 13.6. The van der Waals surface area contributed by atoms with Gasteiger partial charge in [-0.1, -0.05) is 108 Å². The summed E-state index contributed by atoms with van der Waals surface area (Å²) in [5.74, 6) is -1.23. The van der Waals surface area contributed by atoms with Crippen molar-refractivity contribution in [1.29, 1.82) is 0 Å². The van der Waals surface area contributed by atoms with Gasteiger partial charge in [-0.05, 0) is 84.1 Å². The molecule has 0 heterocycles. The zero-order valence-electron chi connectivity index (χ0n) is 23.5. The Morgan fingerprint density at radius 1 is 0.619 bits per heavy atom. The molecule has 4 heteroatoms. The Morgan fingerprint density at radius 3 is 1.33 bits per heavy atom. The van der Waals surface area contributed by atoms with Crippen LogP contribution in [0.15, 0.2) is 139 Å². The van der Waals surface area contributed by atoms with E-state index in [-0.39, 0.29) is 5.70 Å². The maximum absolute atomic E-state index is 11.1. The van der Waals surface area contributed by atoms with Crippen LogP contribution in [0.25, 0.3) is 33.2 Å². The highest BCUT2D eigenvalue weighted by Crippen LogP contribution is 2.37. The molecule has 0 unspecified atom stereocenters. The first kappa shape index (κ1) is 27.9. The molecule has 1 N–H and O–H groups in total. The number of benzene rings is 5. The number of aliphatic carboxylic acids is 1. The molecule has 0 radical (unpaired) electrons. The van der Waals surface area contributed by atoms with Crippen molar-refractivity contribution in [2.45, 2.75) is 13.8 Å². The molecule has 204 valence electrons. The molecular weight excluding hydrogens is 516 g/mol. The van der Waals surface area contributed by atoms with Crippen molar-refractivity contribution < 1.29 is 9.90 Å². The van der Waals surface area contributed by atoms with E-state index in [9.17, 15) is 4.79 Å². The van der Waals surface area contributed by atoms with Crippen molar-refractivity contribution in [3.05, 3.63) is 167 Å². The number of rotatable bonds is 8. The molecule has 0 aliphatic heterocycles. The van der Waals surface area contributed by atoms with Crippen LogP contribution in [0.3, 0.4) is 0 Å². The van der Waals surface area contributed by atoms with Gasteiger partial charge in [0, 0.05) is 17.1 Å². The SMILES string of the molecule is [C-]#[N+]C(=CC=Cc1ccc(N(c2ccc(-c3ccc(C)cc3)cc2)c2ccc(-c3ccc(C)cc3)cc2)cc1)C(=O)O. The Balaban J connectivity index is 1.48. The van der Waals surface area contributed by atoms with E-state index in [0.717, 1.165) is 33.8 Å². The lowest BCUT2D eigenvalue weighted by atomic mass is 10.0. The second-order valence-electron chi connectivity index (χ2n) is 10.1. The number of aryl methyl sites for hydroxylation is 2. The summed E-state index contributed by atoms with van der Waals surface area (Å²) in [5, 5.41) is 9.05. The van der Waals surface area contributed by atoms with E-state index in [1.807, 2.05) is 24.3 Å². The Bertz CT molecular complexity index is 1680. The third-order valence-corrected chi connectivity index (χ3v) is 7.05. The molecule has 0 saturated heterocycles. The van der Waals surface area contributed by atoms with E-state index >= 15 is 0 Å². The van der Waals surface area contributed by atoms with Gasteiger partial charge in [-0.3, -0.25) is 4.79 Å². The van der Waals surface area contributed by atoms with E-state index < -0.39 is 5.97 Å². The molecule has 5 aromatic rings. The van der Waals surface area contributed by atoms with Crippen LogP contribution in [0.4, 0.5) is 17.1 Å². The molecule has 0 spiro atoms. The van der Waals surface area contributed by atoms with Crippen LogP contribution in [0.5, 0.6) is 0 Å². The summed E-state index contributed by atoms with van der Waals surface area (Å²) < 4.78 is 0. The number of nitrogens with zero attached hydrogens (tertiary/aromatic N) is 2. The number of carboxylic acids is 1. The zero-order valence-corrected chi connectivity index (χ0v) is 23.5. The van der Waals surface area contributed by atoms with E-state index in [1.54, 1.807) is 12.2 Å². The smallest absolute Gasteiger partial charge is 0.333 e. The minimum absolute atomic E-state index is 0.322. The van der Waals surface area contributed by atoms with E-state index in [4.69, 9.17) is 11.7 Å². The fraction of sp³-hybridized carbons (Fsp3) is 0.0526. The van der Waals surface area contributed by atoms with Crippen LogP contribution < -0.4 is 4.90 Å². The Morgan fingerprint density at radius 2 is 0.976 bits per heavy atom. The average Bonchev–Trinajstić information content (AvgIpc) is 3.01. The van der Waals surface area contributed by atoms with Crippen molar-refractivity contribution in [2.75, 3.05) is 4.90 Å². The van der Waals surface area contributed by atoms with Crippen LogP contribution in [0.1, 0.15) is 16.7 Å². The number of carbonyl (C=O) groups is 1. The average molecular weight is 547 g/mol. The molecule has 0 amide bonds. The predicted molar refractivity (Wildman–Crippen MR) is 173 cm³/mol. The maximum Gasteiger partial charge on any atom is 0.333 e. The fourth-order valence-electron chi connectivity index (χ4n) is 4.69. The minimum Gasteiger partial charge on any atom is -0.486 e. The minimum atomic E-state index is -1.23. The largest absolute Gasteiger partial charge is 0.486 e. The number of carboxylic acid groups (broad SMARTS) is 1. The highest BCUT2D eigenvalue weighted by atomic mass is 16.4. The number of anilines is 3. The predicted octanol–water partition coefficient (Wildman–Crippen LogP) is 10.0. The highest BCUT2D eigenvalue weighted by Gasteiger charge is 2.13. The normalized spacial score (nSPS) is 11.3. The molecule has 0 aliphatic rings. The monoisotopic (exact) mass is 546 g/mol. The van der Waals surface area contributed by atoms with Crippen LogP contribution in [0, 0.1) is 20.4 Å². The summed E-state index contributed by atoms with van der Waals surface area (Å²) in [7, 11) is 0. The van der Waals surface area contributed by atoms with Gasteiger partial charge in [0.2, 0.25) is 0 Å². The second-order valence-corrected chi connectivity index (χ2v) is 10.1. The summed E-state index contributed by atoms with van der Waals surface area (Å²) >= 11 is 0. The molecule has 5 aromatic carbocycles. The molecule has 0 saturated carbocycles. The van der Waals surface area contributed by atoms with Crippen molar-refractivity contribution in [3.8, 4) is 22.3 Å². The summed E-state index contributed by atoms with van der Waals surface area (Å²) in [6.07, 6.45) is 4.68. The van der Waals surface area contributed by atoms with Gasteiger partial charge in [-0.15, -0.1) is 0 Å². The molecule has 4 nitrogen and oxygen atoms in total. The lowest BCUT2D eigenvalue weighted by molar-refractivity contribution is -0.132. The first-order chi connectivity index (χ1) is 20.4. The molecule has 0 fully saturated rings. The quantitative estimate of drug-likeness (QED) is 0.120.